The molecule has 1 unspecified atom stereocenters. The van der Waals surface area contributed by atoms with Gasteiger partial charge in [-0.25, -0.2) is 0 Å². The zero-order valence-electron chi connectivity index (χ0n) is 11.8. The summed E-state index contributed by atoms with van der Waals surface area (Å²) in [6, 6.07) is 0. The Hall–Kier alpha value is -0.530. The number of hydrogen-bond acceptors (Lipinski definition) is 3. The van der Waals surface area contributed by atoms with Crippen molar-refractivity contribution < 1.29 is 9.53 Å². The molecule has 0 spiro atoms. The number of halogens is 1. The molecule has 0 saturated heterocycles. The first-order valence-electron chi connectivity index (χ1n) is 6.25. The number of nitrogens with one attached hydrogen (secondary N) is 2. The van der Waals surface area contributed by atoms with Crippen LogP contribution in [-0.2, 0) is 9.53 Å². The van der Waals surface area contributed by atoms with Crippen LogP contribution in [-0.4, -0.2) is 38.7 Å². The highest BCUT2D eigenvalue weighted by atomic mass is 127. The minimum atomic E-state index is -0.224. The molecule has 1 atom stereocenters. The lowest BCUT2D eigenvalue weighted by molar-refractivity contribution is -0.144. The molecule has 0 saturated carbocycles. The molecule has 108 valence electrons. The maximum absolute atomic E-state index is 11.2. The molecule has 18 heavy (non-hydrogen) atoms. The van der Waals surface area contributed by atoms with Crippen molar-refractivity contribution in [3.8, 4) is 0 Å². The summed E-state index contributed by atoms with van der Waals surface area (Å²) < 4.78 is 4.65. The van der Waals surface area contributed by atoms with Gasteiger partial charge in [0.05, 0.1) is 19.6 Å². The fourth-order valence-electron chi connectivity index (χ4n) is 1.23. The van der Waals surface area contributed by atoms with Crippen LogP contribution in [0.1, 0.15) is 33.6 Å². The average molecular weight is 371 g/mol. The fraction of sp³-hybridized carbons (Fsp3) is 0.833. The van der Waals surface area contributed by atoms with Crippen LogP contribution < -0.4 is 10.6 Å². The Kier molecular flexibility index (Phi) is 14.2. The molecule has 0 bridgehead atoms. The predicted molar refractivity (Wildman–Crippen MR) is 85.5 cm³/mol. The quantitative estimate of drug-likeness (QED) is 0.235. The molecule has 5 nitrogen and oxygen atoms in total. The maximum atomic E-state index is 11.2. The second kappa shape index (κ2) is 12.9. The number of carbonyl (C=O) groups excluding carboxylic acids is 1. The normalized spacial score (nSPS) is 12.3. The van der Waals surface area contributed by atoms with Gasteiger partial charge in [-0.15, -0.1) is 24.0 Å². The van der Waals surface area contributed by atoms with E-state index in [0.29, 0.717) is 6.54 Å². The van der Waals surface area contributed by atoms with Crippen molar-refractivity contribution >= 4 is 35.9 Å². The van der Waals surface area contributed by atoms with E-state index in [4.69, 9.17) is 0 Å². The van der Waals surface area contributed by atoms with E-state index < -0.39 is 0 Å². The SMILES string of the molecule is CCCCNC(=NCC(C)C(=O)OC)NCC.I. The van der Waals surface area contributed by atoms with Crippen LogP contribution in [0.4, 0.5) is 0 Å². The lowest BCUT2D eigenvalue weighted by atomic mass is 10.2. The van der Waals surface area contributed by atoms with Crippen LogP contribution >= 0.6 is 24.0 Å². The largest absolute Gasteiger partial charge is 0.469 e. The molecule has 0 aliphatic rings. The number of esters is 1. The molecule has 0 fully saturated rings. The fourth-order valence-corrected chi connectivity index (χ4v) is 1.23. The summed E-state index contributed by atoms with van der Waals surface area (Å²) in [6.07, 6.45) is 2.25. The highest BCUT2D eigenvalue weighted by molar-refractivity contribution is 14.0. The van der Waals surface area contributed by atoms with E-state index in [1.54, 1.807) is 0 Å². The van der Waals surface area contributed by atoms with Gasteiger partial charge in [-0.1, -0.05) is 20.3 Å². The monoisotopic (exact) mass is 371 g/mol. The third-order valence-electron chi connectivity index (χ3n) is 2.29. The van der Waals surface area contributed by atoms with Crippen LogP contribution in [0.15, 0.2) is 4.99 Å². The van der Waals surface area contributed by atoms with Crippen molar-refractivity contribution in [3.63, 3.8) is 0 Å². The van der Waals surface area contributed by atoms with Crippen molar-refractivity contribution in [2.24, 2.45) is 10.9 Å². The minimum Gasteiger partial charge on any atom is -0.469 e. The van der Waals surface area contributed by atoms with Crippen molar-refractivity contribution in [2.75, 3.05) is 26.7 Å². The predicted octanol–water partition coefficient (Wildman–Crippen LogP) is 1.77. The molecule has 0 aromatic heterocycles. The van der Waals surface area contributed by atoms with Crippen LogP contribution in [0.5, 0.6) is 0 Å². The minimum absolute atomic E-state index is 0. The van der Waals surface area contributed by atoms with Crippen LogP contribution in [0.25, 0.3) is 0 Å². The zero-order chi connectivity index (χ0) is 13.1. The molecule has 0 heterocycles. The van der Waals surface area contributed by atoms with E-state index in [0.717, 1.165) is 31.9 Å². The molecule has 0 aliphatic carbocycles. The Balaban J connectivity index is 0. The summed E-state index contributed by atoms with van der Waals surface area (Å²) in [6.45, 7) is 8.12. The molecule has 0 aromatic rings. The van der Waals surface area contributed by atoms with Crippen molar-refractivity contribution in [2.45, 2.75) is 33.6 Å². The Morgan fingerprint density at radius 2 is 2.00 bits per heavy atom. The van der Waals surface area contributed by atoms with Gasteiger partial charge in [0.15, 0.2) is 5.96 Å². The van der Waals surface area contributed by atoms with Gasteiger partial charge in [-0.2, -0.15) is 0 Å². The molecule has 6 heteroatoms. The lowest BCUT2D eigenvalue weighted by Gasteiger charge is -2.12. The Morgan fingerprint density at radius 1 is 1.33 bits per heavy atom. The van der Waals surface area contributed by atoms with Gasteiger partial charge in [-0.05, 0) is 13.3 Å². The molecular formula is C12H26IN3O2. The van der Waals surface area contributed by atoms with Gasteiger partial charge in [0.2, 0.25) is 0 Å². The topological polar surface area (TPSA) is 62.7 Å². The number of rotatable bonds is 7. The van der Waals surface area contributed by atoms with E-state index in [1.165, 1.54) is 7.11 Å². The third kappa shape index (κ3) is 9.49. The lowest BCUT2D eigenvalue weighted by Crippen LogP contribution is -2.38. The number of unbranched alkanes of at least 4 members (excludes halogenated alkanes) is 1. The van der Waals surface area contributed by atoms with Crippen molar-refractivity contribution in [1.29, 1.82) is 0 Å². The van der Waals surface area contributed by atoms with E-state index in [-0.39, 0.29) is 35.9 Å². The summed E-state index contributed by atoms with van der Waals surface area (Å²) in [4.78, 5) is 15.6. The summed E-state index contributed by atoms with van der Waals surface area (Å²) in [5.41, 5.74) is 0. The first kappa shape index (κ1) is 19.8. The Morgan fingerprint density at radius 3 is 2.50 bits per heavy atom. The molecular weight excluding hydrogens is 345 g/mol. The molecule has 0 aromatic carbocycles. The second-order valence-corrected chi connectivity index (χ2v) is 3.92. The van der Waals surface area contributed by atoms with Gasteiger partial charge in [0.1, 0.15) is 0 Å². The summed E-state index contributed by atoms with van der Waals surface area (Å²) in [5, 5.41) is 6.36. The van der Waals surface area contributed by atoms with Gasteiger partial charge in [0.25, 0.3) is 0 Å². The Bertz CT molecular complexity index is 247. The van der Waals surface area contributed by atoms with Crippen LogP contribution in [0.3, 0.4) is 0 Å². The first-order chi connectivity index (χ1) is 8.15. The number of ether oxygens (including phenoxy) is 1. The van der Waals surface area contributed by atoms with Crippen molar-refractivity contribution in [3.05, 3.63) is 0 Å². The number of nitrogens with zero attached hydrogens (tertiary/aromatic N) is 1. The van der Waals surface area contributed by atoms with E-state index in [9.17, 15) is 4.79 Å². The summed E-state index contributed by atoms with van der Waals surface area (Å²) >= 11 is 0. The highest BCUT2D eigenvalue weighted by Gasteiger charge is 2.12. The number of hydrogen-bond donors (Lipinski definition) is 2. The summed E-state index contributed by atoms with van der Waals surface area (Å²) in [5.74, 6) is 0.330. The van der Waals surface area contributed by atoms with E-state index >= 15 is 0 Å². The summed E-state index contributed by atoms with van der Waals surface area (Å²) in [7, 11) is 1.40. The van der Waals surface area contributed by atoms with Gasteiger partial charge in [0, 0.05) is 13.1 Å². The first-order valence-corrected chi connectivity index (χ1v) is 6.25. The maximum Gasteiger partial charge on any atom is 0.310 e. The van der Waals surface area contributed by atoms with Crippen LogP contribution in [0.2, 0.25) is 0 Å². The number of guanidine groups is 1. The molecule has 0 radical (unpaired) electrons. The zero-order valence-corrected chi connectivity index (χ0v) is 14.1. The van der Waals surface area contributed by atoms with E-state index in [2.05, 4.69) is 27.3 Å². The number of methoxy groups -OCH3 is 1. The average Bonchev–Trinajstić information content (AvgIpc) is 2.34. The molecule has 0 amide bonds. The number of aliphatic imine (C=N–C) groups is 1. The van der Waals surface area contributed by atoms with Gasteiger partial charge >= 0.3 is 5.97 Å². The van der Waals surface area contributed by atoms with Crippen molar-refractivity contribution in [1.82, 2.24) is 10.6 Å². The Labute approximate surface area is 127 Å². The standard InChI is InChI=1S/C12H25N3O2.HI/c1-5-7-8-14-12(13-6-2)15-9-10(3)11(16)17-4;/h10H,5-9H2,1-4H3,(H2,13,14,15);1H. The van der Waals surface area contributed by atoms with Crippen LogP contribution in [0, 0.1) is 5.92 Å². The van der Waals surface area contributed by atoms with Gasteiger partial charge in [-0.3, -0.25) is 9.79 Å². The molecule has 0 aliphatic heterocycles. The molecule has 0 rings (SSSR count). The van der Waals surface area contributed by atoms with Gasteiger partial charge < -0.3 is 15.4 Å². The third-order valence-corrected chi connectivity index (χ3v) is 2.29. The highest BCUT2D eigenvalue weighted by Crippen LogP contribution is 1.97. The van der Waals surface area contributed by atoms with E-state index in [1.807, 2.05) is 13.8 Å². The second-order valence-electron chi connectivity index (χ2n) is 3.92. The molecule has 2 N–H and O–H groups in total. The number of carbonyl (C=O) groups is 1. The smallest absolute Gasteiger partial charge is 0.310 e.